The zero-order valence-corrected chi connectivity index (χ0v) is 18.0. The summed E-state index contributed by atoms with van der Waals surface area (Å²) >= 11 is 0. The lowest BCUT2D eigenvalue weighted by molar-refractivity contribution is -0.892. The summed E-state index contributed by atoms with van der Waals surface area (Å²) in [6.07, 6.45) is 0. The van der Waals surface area contributed by atoms with Crippen LogP contribution in [0.4, 0.5) is 11.4 Å². The van der Waals surface area contributed by atoms with E-state index in [0.29, 0.717) is 18.8 Å². The van der Waals surface area contributed by atoms with Crippen LogP contribution in [-0.4, -0.2) is 43.7 Å². The molecule has 160 valence electrons. The minimum atomic E-state index is 0.139. The number of aryl methyl sites for hydroxylation is 1. The molecule has 1 amide bonds. The number of carbonyl (C=O) groups excluding carboxylic acids is 1. The molecule has 3 aromatic carbocycles. The van der Waals surface area contributed by atoms with Gasteiger partial charge >= 0.3 is 0 Å². The molecule has 1 aliphatic heterocycles. The number of benzene rings is 3. The topological polar surface area (TPSA) is 48.2 Å². The van der Waals surface area contributed by atoms with Gasteiger partial charge in [0.05, 0.1) is 38.4 Å². The molecule has 0 spiro atoms. The Morgan fingerprint density at radius 2 is 1.68 bits per heavy atom. The van der Waals surface area contributed by atoms with Crippen LogP contribution < -0.4 is 14.7 Å². The van der Waals surface area contributed by atoms with Gasteiger partial charge in [-0.3, -0.25) is 4.79 Å². The summed E-state index contributed by atoms with van der Waals surface area (Å²) in [6, 6.07) is 25.8. The van der Waals surface area contributed by atoms with E-state index in [1.54, 1.807) is 6.07 Å². The fourth-order valence-electron chi connectivity index (χ4n) is 4.17. The van der Waals surface area contributed by atoms with Crippen LogP contribution >= 0.6 is 0 Å². The molecule has 1 aliphatic rings. The number of piperazine rings is 1. The Hall–Kier alpha value is -3.31. The molecule has 5 nitrogen and oxygen atoms in total. The lowest BCUT2D eigenvalue weighted by Gasteiger charge is -2.34. The number of amides is 1. The third-order valence-corrected chi connectivity index (χ3v) is 5.89. The van der Waals surface area contributed by atoms with Crippen molar-refractivity contribution < 1.29 is 14.8 Å². The number of nitrogens with one attached hydrogen (secondary N) is 1. The van der Waals surface area contributed by atoms with Gasteiger partial charge in [0, 0.05) is 5.69 Å². The number of nitrogens with zero attached hydrogens (tertiary/aromatic N) is 2. The van der Waals surface area contributed by atoms with Crippen LogP contribution in [0.1, 0.15) is 11.1 Å². The summed E-state index contributed by atoms with van der Waals surface area (Å²) in [5.41, 5.74) is 4.09. The van der Waals surface area contributed by atoms with E-state index in [2.05, 4.69) is 36.1 Å². The van der Waals surface area contributed by atoms with Gasteiger partial charge in [-0.05, 0) is 42.3 Å². The van der Waals surface area contributed by atoms with Gasteiger partial charge in [0.15, 0.2) is 6.54 Å². The molecule has 0 radical (unpaired) electrons. The molecular weight excluding hydrogens is 386 g/mol. The number of carbonyl (C=O) groups is 1. The normalized spacial score (nSPS) is 14.4. The minimum absolute atomic E-state index is 0.139. The number of hydrogen-bond acceptors (Lipinski definition) is 3. The van der Waals surface area contributed by atoms with Crippen LogP contribution in [0.5, 0.6) is 5.75 Å². The molecular formula is C26H30N3O2+. The Kier molecular flexibility index (Phi) is 6.53. The highest BCUT2D eigenvalue weighted by Crippen LogP contribution is 2.26. The Morgan fingerprint density at radius 1 is 0.968 bits per heavy atom. The molecule has 3 aromatic rings. The first-order valence-corrected chi connectivity index (χ1v) is 10.9. The number of para-hydroxylation sites is 2. The molecule has 2 N–H and O–H groups in total. The van der Waals surface area contributed by atoms with Crippen molar-refractivity contribution in [3.63, 3.8) is 0 Å². The standard InChI is InChI=1S/C26H29N3O2/c1-21-8-7-11-23(18-21)29(19-22-9-3-2-4-10-22)26(31)20-27-14-16-28(17-15-27)24-12-5-6-13-25(24)30/h2-13,18,30H,14-17,19-20H2,1H3/p+1. The lowest BCUT2D eigenvalue weighted by Crippen LogP contribution is -3.16. The molecule has 0 aromatic heterocycles. The van der Waals surface area contributed by atoms with Crippen molar-refractivity contribution in [2.45, 2.75) is 13.5 Å². The summed E-state index contributed by atoms with van der Waals surface area (Å²) in [5.74, 6) is 0.455. The molecule has 0 saturated carbocycles. The maximum atomic E-state index is 13.4. The third kappa shape index (κ3) is 5.25. The van der Waals surface area contributed by atoms with E-state index < -0.39 is 0 Å². The Labute approximate surface area is 184 Å². The molecule has 0 atom stereocenters. The van der Waals surface area contributed by atoms with Gasteiger partial charge in [0.1, 0.15) is 5.75 Å². The van der Waals surface area contributed by atoms with Gasteiger partial charge in [-0.15, -0.1) is 0 Å². The van der Waals surface area contributed by atoms with Crippen LogP contribution in [0, 0.1) is 6.92 Å². The minimum Gasteiger partial charge on any atom is -0.506 e. The summed E-state index contributed by atoms with van der Waals surface area (Å²) in [4.78, 5) is 18.8. The van der Waals surface area contributed by atoms with Gasteiger partial charge in [-0.25, -0.2) is 0 Å². The monoisotopic (exact) mass is 416 g/mol. The predicted octanol–water partition coefficient (Wildman–Crippen LogP) is 2.64. The second-order valence-corrected chi connectivity index (χ2v) is 8.21. The van der Waals surface area contributed by atoms with Crippen LogP contribution in [0.3, 0.4) is 0 Å². The quantitative estimate of drug-likeness (QED) is 0.650. The first kappa shape index (κ1) is 20.9. The average molecular weight is 417 g/mol. The molecule has 0 aliphatic carbocycles. The summed E-state index contributed by atoms with van der Waals surface area (Å²) in [5, 5.41) is 10.1. The number of phenols is 1. The average Bonchev–Trinajstić information content (AvgIpc) is 2.79. The predicted molar refractivity (Wildman–Crippen MR) is 125 cm³/mol. The van der Waals surface area contributed by atoms with E-state index in [9.17, 15) is 9.90 Å². The van der Waals surface area contributed by atoms with E-state index in [1.165, 1.54) is 4.90 Å². The number of quaternary nitrogens is 1. The van der Waals surface area contributed by atoms with E-state index in [-0.39, 0.29) is 5.91 Å². The molecule has 0 unspecified atom stereocenters. The molecule has 4 rings (SSSR count). The highest BCUT2D eigenvalue weighted by Gasteiger charge is 2.26. The van der Waals surface area contributed by atoms with Crippen LogP contribution in [0.25, 0.3) is 0 Å². The number of anilines is 2. The van der Waals surface area contributed by atoms with Crippen LogP contribution in [0.2, 0.25) is 0 Å². The van der Waals surface area contributed by atoms with Gasteiger partial charge in [-0.2, -0.15) is 0 Å². The van der Waals surface area contributed by atoms with Crippen molar-refractivity contribution in [2.75, 3.05) is 42.5 Å². The second-order valence-electron chi connectivity index (χ2n) is 8.21. The van der Waals surface area contributed by atoms with E-state index in [1.807, 2.05) is 53.4 Å². The number of aromatic hydroxyl groups is 1. The highest BCUT2D eigenvalue weighted by atomic mass is 16.3. The second kappa shape index (κ2) is 9.67. The van der Waals surface area contributed by atoms with Crippen LogP contribution in [-0.2, 0) is 11.3 Å². The van der Waals surface area contributed by atoms with Gasteiger partial charge in [0.2, 0.25) is 0 Å². The fourth-order valence-corrected chi connectivity index (χ4v) is 4.17. The van der Waals surface area contributed by atoms with E-state index in [4.69, 9.17) is 0 Å². The van der Waals surface area contributed by atoms with Crippen LogP contribution in [0.15, 0.2) is 78.9 Å². The zero-order valence-electron chi connectivity index (χ0n) is 18.0. The Bertz CT molecular complexity index is 1010. The lowest BCUT2D eigenvalue weighted by atomic mass is 10.1. The highest BCUT2D eigenvalue weighted by molar-refractivity contribution is 5.94. The van der Waals surface area contributed by atoms with Gasteiger partial charge in [0.25, 0.3) is 5.91 Å². The first-order valence-electron chi connectivity index (χ1n) is 10.9. The van der Waals surface area contributed by atoms with E-state index in [0.717, 1.165) is 48.7 Å². The molecule has 1 fully saturated rings. The SMILES string of the molecule is Cc1cccc(N(Cc2ccccc2)C(=O)C[NH+]2CCN(c3ccccc3O)CC2)c1. The van der Waals surface area contributed by atoms with Crippen molar-refractivity contribution in [1.29, 1.82) is 0 Å². The zero-order chi connectivity index (χ0) is 21.6. The summed E-state index contributed by atoms with van der Waals surface area (Å²) in [7, 11) is 0. The molecule has 0 bridgehead atoms. The van der Waals surface area contributed by atoms with Crippen molar-refractivity contribution >= 4 is 17.3 Å². The molecule has 1 heterocycles. The largest absolute Gasteiger partial charge is 0.506 e. The summed E-state index contributed by atoms with van der Waals surface area (Å²) < 4.78 is 0. The Morgan fingerprint density at radius 3 is 2.39 bits per heavy atom. The molecule has 5 heteroatoms. The first-order chi connectivity index (χ1) is 15.1. The molecule has 31 heavy (non-hydrogen) atoms. The Balaban J connectivity index is 1.43. The third-order valence-electron chi connectivity index (χ3n) is 5.89. The fraction of sp³-hybridized carbons (Fsp3) is 0.269. The maximum absolute atomic E-state index is 13.4. The smallest absolute Gasteiger partial charge is 0.282 e. The summed E-state index contributed by atoms with van der Waals surface area (Å²) in [6.45, 7) is 6.47. The maximum Gasteiger partial charge on any atom is 0.282 e. The van der Waals surface area contributed by atoms with Crippen molar-refractivity contribution in [3.05, 3.63) is 90.0 Å². The number of rotatable bonds is 6. The van der Waals surface area contributed by atoms with Crippen molar-refractivity contribution in [3.8, 4) is 5.75 Å². The van der Waals surface area contributed by atoms with E-state index >= 15 is 0 Å². The van der Waals surface area contributed by atoms with Gasteiger partial charge < -0.3 is 19.8 Å². The number of hydrogen-bond donors (Lipinski definition) is 2. The number of phenolic OH excluding ortho intramolecular Hbond substituents is 1. The molecule has 1 saturated heterocycles. The van der Waals surface area contributed by atoms with Crippen molar-refractivity contribution in [2.24, 2.45) is 0 Å². The van der Waals surface area contributed by atoms with Gasteiger partial charge in [-0.1, -0.05) is 54.6 Å². The van der Waals surface area contributed by atoms with Crippen molar-refractivity contribution in [1.82, 2.24) is 0 Å².